The molecule has 31 heavy (non-hydrogen) atoms. The van der Waals surface area contributed by atoms with E-state index in [-0.39, 0.29) is 21.8 Å². The van der Waals surface area contributed by atoms with Crippen molar-refractivity contribution in [3.63, 3.8) is 0 Å². The van der Waals surface area contributed by atoms with Crippen molar-refractivity contribution >= 4 is 15.8 Å². The highest BCUT2D eigenvalue weighted by molar-refractivity contribution is 7.91. The van der Waals surface area contributed by atoms with Crippen molar-refractivity contribution in [2.45, 2.75) is 22.8 Å². The first-order valence-electron chi connectivity index (χ1n) is 9.01. The van der Waals surface area contributed by atoms with Crippen LogP contribution in [0.3, 0.4) is 0 Å². The average molecular weight is 448 g/mol. The highest BCUT2D eigenvalue weighted by Gasteiger charge is 2.26. The van der Waals surface area contributed by atoms with Crippen molar-refractivity contribution in [2.24, 2.45) is 0 Å². The minimum absolute atomic E-state index is 0.0128. The molecule has 3 aromatic carbocycles. The number of carboxylic acids is 1. The molecule has 0 aliphatic carbocycles. The number of hydrogen-bond donors (Lipinski definition) is 1. The van der Waals surface area contributed by atoms with Crippen LogP contribution in [0, 0.1) is 11.6 Å². The van der Waals surface area contributed by atoms with Gasteiger partial charge in [0.15, 0.2) is 6.10 Å². The predicted molar refractivity (Wildman–Crippen MR) is 108 cm³/mol. The maximum absolute atomic E-state index is 15.0. The minimum atomic E-state index is -4.31. The fourth-order valence-corrected chi connectivity index (χ4v) is 4.17. The maximum atomic E-state index is 15.0. The summed E-state index contributed by atoms with van der Waals surface area (Å²) >= 11 is 0. The molecule has 0 bridgehead atoms. The Morgan fingerprint density at radius 1 is 1.03 bits per heavy atom. The van der Waals surface area contributed by atoms with Gasteiger partial charge in [-0.15, -0.1) is 0 Å². The summed E-state index contributed by atoms with van der Waals surface area (Å²) in [4.78, 5) is 10.4. The van der Waals surface area contributed by atoms with Crippen molar-refractivity contribution in [1.29, 1.82) is 0 Å². The molecule has 6 nitrogen and oxygen atoms in total. The predicted octanol–water partition coefficient (Wildman–Crippen LogP) is 4.33. The van der Waals surface area contributed by atoms with E-state index in [0.717, 1.165) is 18.2 Å². The first-order valence-corrected chi connectivity index (χ1v) is 10.5. The van der Waals surface area contributed by atoms with Crippen LogP contribution in [0.5, 0.6) is 11.5 Å². The zero-order chi connectivity index (χ0) is 22.8. The maximum Gasteiger partial charge on any atom is 0.344 e. The van der Waals surface area contributed by atoms with Crippen LogP contribution in [0.25, 0.3) is 11.1 Å². The molecule has 0 aromatic heterocycles. The van der Waals surface area contributed by atoms with Gasteiger partial charge in [-0.25, -0.2) is 22.0 Å². The Morgan fingerprint density at radius 3 is 2.29 bits per heavy atom. The Balaban J connectivity index is 2.18. The molecule has 0 saturated carbocycles. The van der Waals surface area contributed by atoms with Crippen LogP contribution in [0.1, 0.15) is 6.92 Å². The molecule has 0 spiro atoms. The Hall–Kier alpha value is -3.46. The Morgan fingerprint density at radius 2 is 1.71 bits per heavy atom. The smallest absolute Gasteiger partial charge is 0.344 e. The lowest BCUT2D eigenvalue weighted by atomic mass is 10.0. The molecule has 9 heteroatoms. The summed E-state index contributed by atoms with van der Waals surface area (Å²) in [7, 11) is -2.89. The number of carboxylic acid groups (broad SMARTS) is 1. The van der Waals surface area contributed by atoms with E-state index in [1.807, 2.05) is 0 Å². The van der Waals surface area contributed by atoms with E-state index in [0.29, 0.717) is 5.75 Å². The fourth-order valence-electron chi connectivity index (χ4n) is 2.84. The van der Waals surface area contributed by atoms with E-state index >= 15 is 0 Å². The molecular weight excluding hydrogens is 430 g/mol. The van der Waals surface area contributed by atoms with Crippen molar-refractivity contribution in [2.75, 3.05) is 7.11 Å². The fraction of sp³-hybridized carbons (Fsp3) is 0.136. The number of sulfone groups is 1. The zero-order valence-electron chi connectivity index (χ0n) is 16.5. The number of ether oxygens (including phenoxy) is 2. The van der Waals surface area contributed by atoms with Crippen molar-refractivity contribution in [3.05, 3.63) is 72.3 Å². The van der Waals surface area contributed by atoms with Gasteiger partial charge in [-0.2, -0.15) is 0 Å². The second-order valence-corrected chi connectivity index (χ2v) is 8.48. The number of methoxy groups -OCH3 is 1. The van der Waals surface area contributed by atoms with Gasteiger partial charge in [0.05, 0.1) is 12.0 Å². The molecule has 0 saturated heterocycles. The lowest BCUT2D eigenvalue weighted by Gasteiger charge is -2.17. The molecule has 1 atom stereocenters. The Labute approximate surface area is 177 Å². The molecule has 0 aliphatic rings. The van der Waals surface area contributed by atoms with Crippen LogP contribution in [-0.2, 0) is 14.6 Å². The largest absolute Gasteiger partial charge is 0.497 e. The SMILES string of the molecule is COc1ccc(S(=O)(=O)c2cc(O[C@@H](C)C(=O)O)c(-c3cccc(F)c3)cc2F)cc1. The van der Waals surface area contributed by atoms with Crippen molar-refractivity contribution in [3.8, 4) is 22.6 Å². The quantitative estimate of drug-likeness (QED) is 0.579. The zero-order valence-corrected chi connectivity index (χ0v) is 17.3. The Bertz CT molecular complexity index is 1220. The van der Waals surface area contributed by atoms with Gasteiger partial charge in [-0.3, -0.25) is 0 Å². The van der Waals surface area contributed by atoms with Crippen LogP contribution in [0.15, 0.2) is 70.5 Å². The third kappa shape index (κ3) is 4.66. The minimum Gasteiger partial charge on any atom is -0.497 e. The monoisotopic (exact) mass is 448 g/mol. The number of carbonyl (C=O) groups is 1. The highest BCUT2D eigenvalue weighted by atomic mass is 32.2. The van der Waals surface area contributed by atoms with Gasteiger partial charge in [-0.05, 0) is 55.0 Å². The number of benzene rings is 3. The normalized spacial score (nSPS) is 12.3. The first kappa shape index (κ1) is 22.2. The average Bonchev–Trinajstić information content (AvgIpc) is 2.74. The molecule has 0 heterocycles. The number of rotatable bonds is 7. The third-order valence-electron chi connectivity index (χ3n) is 4.48. The van der Waals surface area contributed by atoms with Crippen molar-refractivity contribution < 1.29 is 36.6 Å². The third-order valence-corrected chi connectivity index (χ3v) is 6.27. The lowest BCUT2D eigenvalue weighted by Crippen LogP contribution is -2.23. The summed E-state index contributed by atoms with van der Waals surface area (Å²) in [5.74, 6) is -2.81. The summed E-state index contributed by atoms with van der Waals surface area (Å²) < 4.78 is 65.1. The van der Waals surface area contributed by atoms with Gasteiger partial charge in [-0.1, -0.05) is 12.1 Å². The second-order valence-electron chi connectivity index (χ2n) is 6.57. The van der Waals surface area contributed by atoms with Crippen molar-refractivity contribution in [1.82, 2.24) is 0 Å². The summed E-state index contributed by atoms with van der Waals surface area (Å²) in [5, 5.41) is 9.17. The van der Waals surface area contributed by atoms with E-state index in [1.54, 1.807) is 0 Å². The molecule has 0 amide bonds. The standard InChI is InChI=1S/C22H18F2O6S/c1-13(22(25)26)30-20-12-21(31(27,28)17-8-6-16(29-2)7-9-17)19(24)11-18(20)14-4-3-5-15(23)10-14/h3-13H,1-2H3,(H,25,26)/t13-/m0/s1. The molecule has 0 unspecified atom stereocenters. The number of hydrogen-bond acceptors (Lipinski definition) is 5. The summed E-state index contributed by atoms with van der Waals surface area (Å²) in [6.45, 7) is 1.23. The van der Waals surface area contributed by atoms with Crippen LogP contribution in [0.2, 0.25) is 0 Å². The van der Waals surface area contributed by atoms with E-state index in [1.165, 1.54) is 56.5 Å². The van der Waals surface area contributed by atoms with Gasteiger partial charge in [0.2, 0.25) is 9.84 Å². The van der Waals surface area contributed by atoms with E-state index < -0.39 is 38.4 Å². The summed E-state index contributed by atoms with van der Waals surface area (Å²) in [6, 6.07) is 12.3. The van der Waals surface area contributed by atoms with E-state index in [9.17, 15) is 27.1 Å². The lowest BCUT2D eigenvalue weighted by molar-refractivity contribution is -0.144. The van der Waals surface area contributed by atoms with Crippen LogP contribution >= 0.6 is 0 Å². The molecule has 0 fully saturated rings. The molecule has 0 aliphatic heterocycles. The summed E-state index contributed by atoms with van der Waals surface area (Å²) in [5.41, 5.74) is 0.207. The van der Waals surface area contributed by atoms with Gasteiger partial charge >= 0.3 is 5.97 Å². The van der Waals surface area contributed by atoms with Gasteiger partial charge in [0.1, 0.15) is 28.0 Å². The highest BCUT2D eigenvalue weighted by Crippen LogP contribution is 2.37. The molecule has 162 valence electrons. The first-order chi connectivity index (χ1) is 14.6. The molecule has 0 radical (unpaired) electrons. The van der Waals surface area contributed by atoms with Crippen LogP contribution in [0.4, 0.5) is 8.78 Å². The van der Waals surface area contributed by atoms with Crippen LogP contribution < -0.4 is 9.47 Å². The van der Waals surface area contributed by atoms with E-state index in [4.69, 9.17) is 9.47 Å². The Kier molecular flexibility index (Phi) is 6.26. The van der Waals surface area contributed by atoms with Gasteiger partial charge < -0.3 is 14.6 Å². The van der Waals surface area contributed by atoms with Gasteiger partial charge in [0, 0.05) is 11.6 Å². The number of halogens is 2. The molecule has 3 aromatic rings. The summed E-state index contributed by atoms with van der Waals surface area (Å²) in [6.07, 6.45) is -1.37. The van der Waals surface area contributed by atoms with Gasteiger partial charge in [0.25, 0.3) is 0 Å². The molecule has 1 N–H and O–H groups in total. The molecular formula is C22H18F2O6S. The topological polar surface area (TPSA) is 89.9 Å². The second kappa shape index (κ2) is 8.73. The van der Waals surface area contributed by atoms with E-state index in [2.05, 4.69) is 0 Å². The van der Waals surface area contributed by atoms with Crippen LogP contribution in [-0.4, -0.2) is 32.7 Å². The number of aliphatic carboxylic acids is 1. The molecule has 3 rings (SSSR count).